The molecule has 0 spiro atoms. The van der Waals surface area contributed by atoms with Crippen LogP contribution >= 0.6 is 0 Å². The summed E-state index contributed by atoms with van der Waals surface area (Å²) in [5, 5.41) is 0. The van der Waals surface area contributed by atoms with E-state index >= 15 is 0 Å². The highest BCUT2D eigenvalue weighted by Crippen LogP contribution is 2.14. The number of hydrogen-bond acceptors (Lipinski definition) is 2. The second-order valence-electron chi connectivity index (χ2n) is 3.53. The molecule has 0 aliphatic rings. The van der Waals surface area contributed by atoms with Crippen LogP contribution in [0.25, 0.3) is 0 Å². The summed E-state index contributed by atoms with van der Waals surface area (Å²) in [6.07, 6.45) is 0.677. The molecule has 1 atom stereocenters. The van der Waals surface area contributed by atoms with Crippen LogP contribution in [0.1, 0.15) is 18.1 Å². The van der Waals surface area contributed by atoms with Gasteiger partial charge >= 0.3 is 0 Å². The molecule has 1 aromatic carbocycles. The van der Waals surface area contributed by atoms with Crippen molar-refractivity contribution in [2.45, 2.75) is 26.0 Å². The number of benzene rings is 1. The average molecular weight is 197 g/mol. The monoisotopic (exact) mass is 197 g/mol. The van der Waals surface area contributed by atoms with Crippen molar-refractivity contribution in [1.29, 1.82) is 0 Å². The molecule has 0 bridgehead atoms. The molecule has 2 N–H and O–H groups in total. The SMILES string of the molecule is COCc1ccc(F)cc1CC(C)N. The Kier molecular flexibility index (Phi) is 4.04. The van der Waals surface area contributed by atoms with Crippen LogP contribution < -0.4 is 5.73 Å². The molecular formula is C11H16FNO. The molecule has 2 nitrogen and oxygen atoms in total. The molecule has 1 aromatic rings. The van der Waals surface area contributed by atoms with Crippen LogP contribution in [0, 0.1) is 5.82 Å². The van der Waals surface area contributed by atoms with Gasteiger partial charge in [0.25, 0.3) is 0 Å². The van der Waals surface area contributed by atoms with E-state index in [1.165, 1.54) is 12.1 Å². The number of methoxy groups -OCH3 is 1. The van der Waals surface area contributed by atoms with Crippen LogP contribution in [0.4, 0.5) is 4.39 Å². The Hall–Kier alpha value is -0.930. The van der Waals surface area contributed by atoms with Gasteiger partial charge in [0.1, 0.15) is 5.82 Å². The largest absolute Gasteiger partial charge is 0.380 e. The molecule has 0 amide bonds. The Bertz CT molecular complexity index is 299. The van der Waals surface area contributed by atoms with Crippen molar-refractivity contribution in [2.24, 2.45) is 5.73 Å². The molecule has 0 saturated heterocycles. The summed E-state index contributed by atoms with van der Waals surface area (Å²) in [5.41, 5.74) is 7.61. The predicted octanol–water partition coefficient (Wildman–Crippen LogP) is 1.86. The lowest BCUT2D eigenvalue weighted by Gasteiger charge is -2.11. The maximum absolute atomic E-state index is 13.0. The van der Waals surface area contributed by atoms with Gasteiger partial charge in [0, 0.05) is 13.2 Å². The van der Waals surface area contributed by atoms with Gasteiger partial charge in [-0.05, 0) is 36.6 Å². The topological polar surface area (TPSA) is 35.2 Å². The normalized spacial score (nSPS) is 12.9. The maximum Gasteiger partial charge on any atom is 0.123 e. The number of halogens is 1. The first-order valence-electron chi connectivity index (χ1n) is 4.65. The van der Waals surface area contributed by atoms with E-state index in [1.807, 2.05) is 6.92 Å². The average Bonchev–Trinajstić information content (AvgIpc) is 2.09. The predicted molar refractivity (Wildman–Crippen MR) is 54.5 cm³/mol. The zero-order valence-electron chi connectivity index (χ0n) is 8.59. The molecule has 3 heteroatoms. The highest BCUT2D eigenvalue weighted by Gasteiger charge is 2.06. The van der Waals surface area contributed by atoms with E-state index in [4.69, 9.17) is 10.5 Å². The standard InChI is InChI=1S/C11H16FNO/c1-8(13)5-10-6-11(12)4-3-9(10)7-14-2/h3-4,6,8H,5,7,13H2,1-2H3. The van der Waals surface area contributed by atoms with Crippen LogP contribution in [0.5, 0.6) is 0 Å². The molecule has 14 heavy (non-hydrogen) atoms. The van der Waals surface area contributed by atoms with Gasteiger partial charge < -0.3 is 10.5 Å². The summed E-state index contributed by atoms with van der Waals surface area (Å²) in [7, 11) is 1.62. The molecule has 0 aromatic heterocycles. The molecule has 1 rings (SSSR count). The smallest absolute Gasteiger partial charge is 0.123 e. The first-order valence-corrected chi connectivity index (χ1v) is 4.65. The van der Waals surface area contributed by atoms with Gasteiger partial charge in [0.2, 0.25) is 0 Å². The molecular weight excluding hydrogens is 181 g/mol. The van der Waals surface area contributed by atoms with E-state index in [2.05, 4.69) is 0 Å². The van der Waals surface area contributed by atoms with E-state index in [9.17, 15) is 4.39 Å². The Balaban J connectivity index is 2.90. The van der Waals surface area contributed by atoms with Gasteiger partial charge in [-0.25, -0.2) is 4.39 Å². The Morgan fingerprint density at radius 3 is 2.71 bits per heavy atom. The maximum atomic E-state index is 13.0. The summed E-state index contributed by atoms with van der Waals surface area (Å²) >= 11 is 0. The van der Waals surface area contributed by atoms with E-state index < -0.39 is 0 Å². The van der Waals surface area contributed by atoms with E-state index in [1.54, 1.807) is 13.2 Å². The van der Waals surface area contributed by atoms with Crippen LogP contribution in [-0.2, 0) is 17.8 Å². The minimum Gasteiger partial charge on any atom is -0.380 e. The van der Waals surface area contributed by atoms with Crippen molar-refractivity contribution in [3.8, 4) is 0 Å². The highest BCUT2D eigenvalue weighted by atomic mass is 19.1. The summed E-state index contributed by atoms with van der Waals surface area (Å²) in [5.74, 6) is -0.222. The number of ether oxygens (including phenoxy) is 1. The minimum absolute atomic E-state index is 0.0346. The zero-order valence-corrected chi connectivity index (χ0v) is 8.59. The summed E-state index contributed by atoms with van der Waals surface area (Å²) in [6.45, 7) is 2.41. The number of nitrogens with two attached hydrogens (primary N) is 1. The third-order valence-corrected chi connectivity index (χ3v) is 2.01. The lowest BCUT2D eigenvalue weighted by molar-refractivity contribution is 0.184. The van der Waals surface area contributed by atoms with Gasteiger partial charge in [-0.1, -0.05) is 6.07 Å². The third kappa shape index (κ3) is 3.09. The fourth-order valence-corrected chi connectivity index (χ4v) is 1.43. The highest BCUT2D eigenvalue weighted by molar-refractivity contribution is 5.28. The Labute approximate surface area is 83.9 Å². The van der Waals surface area contributed by atoms with Crippen molar-refractivity contribution < 1.29 is 9.13 Å². The molecule has 1 unspecified atom stereocenters. The molecule has 0 aliphatic carbocycles. The third-order valence-electron chi connectivity index (χ3n) is 2.01. The van der Waals surface area contributed by atoms with Gasteiger partial charge in [0.05, 0.1) is 6.61 Å². The Morgan fingerprint density at radius 2 is 2.14 bits per heavy atom. The molecule has 0 fully saturated rings. The lowest BCUT2D eigenvalue weighted by atomic mass is 10.0. The van der Waals surface area contributed by atoms with Crippen LogP contribution in [0.3, 0.4) is 0 Å². The Morgan fingerprint density at radius 1 is 1.43 bits per heavy atom. The van der Waals surface area contributed by atoms with Gasteiger partial charge in [-0.15, -0.1) is 0 Å². The minimum atomic E-state index is -0.222. The molecule has 0 radical (unpaired) electrons. The molecule has 0 saturated carbocycles. The van der Waals surface area contributed by atoms with E-state index in [0.717, 1.165) is 11.1 Å². The van der Waals surface area contributed by atoms with Crippen molar-refractivity contribution >= 4 is 0 Å². The van der Waals surface area contributed by atoms with Crippen LogP contribution in [0.2, 0.25) is 0 Å². The number of rotatable bonds is 4. The quantitative estimate of drug-likeness (QED) is 0.799. The molecule has 78 valence electrons. The first kappa shape index (κ1) is 11.1. The van der Waals surface area contributed by atoms with Crippen LogP contribution in [0.15, 0.2) is 18.2 Å². The van der Waals surface area contributed by atoms with Crippen molar-refractivity contribution in [3.63, 3.8) is 0 Å². The summed E-state index contributed by atoms with van der Waals surface area (Å²) < 4.78 is 18.0. The zero-order chi connectivity index (χ0) is 10.6. The number of hydrogen-bond donors (Lipinski definition) is 1. The van der Waals surface area contributed by atoms with Crippen LogP contribution in [-0.4, -0.2) is 13.2 Å². The van der Waals surface area contributed by atoms with E-state index in [-0.39, 0.29) is 11.9 Å². The van der Waals surface area contributed by atoms with Crippen molar-refractivity contribution in [2.75, 3.05) is 7.11 Å². The van der Waals surface area contributed by atoms with Gasteiger partial charge in [0.15, 0.2) is 0 Å². The molecule has 0 heterocycles. The summed E-state index contributed by atoms with van der Waals surface area (Å²) in [6, 6.07) is 4.75. The second-order valence-corrected chi connectivity index (χ2v) is 3.53. The van der Waals surface area contributed by atoms with Crippen molar-refractivity contribution in [1.82, 2.24) is 0 Å². The fraction of sp³-hybridized carbons (Fsp3) is 0.455. The van der Waals surface area contributed by atoms with Crippen molar-refractivity contribution in [3.05, 3.63) is 35.1 Å². The summed E-state index contributed by atoms with van der Waals surface area (Å²) in [4.78, 5) is 0. The fourth-order valence-electron chi connectivity index (χ4n) is 1.43. The van der Waals surface area contributed by atoms with E-state index in [0.29, 0.717) is 13.0 Å². The first-order chi connectivity index (χ1) is 6.63. The van der Waals surface area contributed by atoms with Gasteiger partial charge in [-0.2, -0.15) is 0 Å². The molecule has 0 aliphatic heterocycles. The second kappa shape index (κ2) is 5.08. The van der Waals surface area contributed by atoms with Gasteiger partial charge in [-0.3, -0.25) is 0 Å². The lowest BCUT2D eigenvalue weighted by Crippen LogP contribution is -2.19.